The van der Waals surface area contributed by atoms with Crippen molar-refractivity contribution in [3.63, 3.8) is 0 Å². The molecule has 0 atom stereocenters. The third kappa shape index (κ3) is 8.36. The lowest BCUT2D eigenvalue weighted by Gasteiger charge is -2.13. The van der Waals surface area contributed by atoms with E-state index in [-0.39, 0.29) is 18.2 Å². The van der Waals surface area contributed by atoms with Gasteiger partial charge in [-0.05, 0) is 62.7 Å². The van der Waals surface area contributed by atoms with Gasteiger partial charge in [-0.25, -0.2) is 0 Å². The average molecular weight is 458 g/mol. The first-order valence-electron chi connectivity index (χ1n) is 10.8. The lowest BCUT2D eigenvalue weighted by Crippen LogP contribution is -2.46. The molecule has 178 valence electrons. The van der Waals surface area contributed by atoms with E-state index in [2.05, 4.69) is 23.1 Å². The van der Waals surface area contributed by atoms with Crippen LogP contribution in [0.1, 0.15) is 54.3 Å². The van der Waals surface area contributed by atoms with Gasteiger partial charge in [-0.2, -0.15) is 0 Å². The molecule has 0 bridgehead atoms. The number of nitrogens with one attached hydrogen (secondary N) is 3. The lowest BCUT2D eigenvalue weighted by molar-refractivity contribution is -0.120. The van der Waals surface area contributed by atoms with E-state index in [9.17, 15) is 14.4 Å². The number of hydrogen-bond donors (Lipinski definition) is 3. The first-order valence-corrected chi connectivity index (χ1v) is 10.8. The summed E-state index contributed by atoms with van der Waals surface area (Å²) in [7, 11) is 1.49. The van der Waals surface area contributed by atoms with E-state index in [1.54, 1.807) is 36.4 Å². The molecule has 0 spiro atoms. The highest BCUT2D eigenvalue weighted by molar-refractivity contribution is 5.98. The minimum Gasteiger partial charge on any atom is -0.493 e. The van der Waals surface area contributed by atoms with Crippen LogP contribution in [0.5, 0.6) is 17.2 Å². The highest BCUT2D eigenvalue weighted by Crippen LogP contribution is 2.28. The number of ether oxygens (including phenoxy) is 3. The fraction of sp³-hybridized carbons (Fsp3) is 0.375. The zero-order valence-electron chi connectivity index (χ0n) is 19.4. The highest BCUT2D eigenvalue weighted by Gasteiger charge is 2.13. The molecule has 9 heteroatoms. The Balaban J connectivity index is 1.81. The maximum absolute atomic E-state index is 12.3. The molecule has 0 saturated carbocycles. The molecule has 0 saturated heterocycles. The van der Waals surface area contributed by atoms with Gasteiger partial charge in [0.05, 0.1) is 26.4 Å². The smallest absolute Gasteiger partial charge is 0.269 e. The van der Waals surface area contributed by atoms with Gasteiger partial charge in [0.15, 0.2) is 11.5 Å². The summed E-state index contributed by atoms with van der Waals surface area (Å²) < 4.78 is 16.4. The maximum Gasteiger partial charge on any atom is 0.269 e. The Hall–Kier alpha value is -3.75. The molecular weight excluding hydrogens is 426 g/mol. The van der Waals surface area contributed by atoms with Crippen LogP contribution in [0.25, 0.3) is 0 Å². The van der Waals surface area contributed by atoms with Crippen molar-refractivity contribution in [1.82, 2.24) is 16.2 Å². The molecule has 0 unspecified atom stereocenters. The number of hydrogen-bond acceptors (Lipinski definition) is 6. The van der Waals surface area contributed by atoms with E-state index in [4.69, 9.17) is 14.2 Å². The van der Waals surface area contributed by atoms with Crippen LogP contribution in [0, 0.1) is 0 Å². The van der Waals surface area contributed by atoms with Gasteiger partial charge in [-0.15, -0.1) is 0 Å². The van der Waals surface area contributed by atoms with Crippen molar-refractivity contribution >= 4 is 17.7 Å². The molecule has 0 aliphatic heterocycles. The Bertz CT molecular complexity index is 944. The van der Waals surface area contributed by atoms with Gasteiger partial charge in [0.2, 0.25) is 0 Å². The Kier molecular flexibility index (Phi) is 10.0. The molecule has 0 aromatic heterocycles. The third-order valence-corrected chi connectivity index (χ3v) is 4.39. The zero-order valence-corrected chi connectivity index (χ0v) is 19.4. The molecule has 9 nitrogen and oxygen atoms in total. The Morgan fingerprint density at radius 3 is 2.24 bits per heavy atom. The van der Waals surface area contributed by atoms with Crippen LogP contribution in [0.15, 0.2) is 42.5 Å². The van der Waals surface area contributed by atoms with Gasteiger partial charge >= 0.3 is 0 Å². The fourth-order valence-corrected chi connectivity index (χ4v) is 2.72. The molecule has 2 rings (SSSR count). The molecule has 0 aliphatic carbocycles. The van der Waals surface area contributed by atoms with E-state index in [1.807, 2.05) is 13.8 Å². The van der Waals surface area contributed by atoms with Gasteiger partial charge in [0, 0.05) is 11.1 Å². The van der Waals surface area contributed by atoms with Crippen molar-refractivity contribution in [3.8, 4) is 17.2 Å². The van der Waals surface area contributed by atoms with Crippen molar-refractivity contribution < 1.29 is 28.6 Å². The summed E-state index contributed by atoms with van der Waals surface area (Å²) in [5.74, 6) is 0.0761. The van der Waals surface area contributed by atoms with E-state index < -0.39 is 17.7 Å². The first kappa shape index (κ1) is 25.5. The van der Waals surface area contributed by atoms with E-state index >= 15 is 0 Å². The molecule has 0 heterocycles. The van der Waals surface area contributed by atoms with Gasteiger partial charge in [-0.3, -0.25) is 25.2 Å². The summed E-state index contributed by atoms with van der Waals surface area (Å²) in [5, 5.41) is 2.49. The van der Waals surface area contributed by atoms with Crippen molar-refractivity contribution in [1.29, 1.82) is 0 Å². The van der Waals surface area contributed by atoms with E-state index in [0.29, 0.717) is 29.4 Å². The highest BCUT2D eigenvalue weighted by atomic mass is 16.5. The second kappa shape index (κ2) is 12.9. The number of carbonyl (C=O) groups excluding carboxylic acids is 3. The number of carbonyl (C=O) groups is 3. The molecule has 3 N–H and O–H groups in total. The van der Waals surface area contributed by atoms with Crippen LogP contribution in [0.3, 0.4) is 0 Å². The molecule has 33 heavy (non-hydrogen) atoms. The normalized spacial score (nSPS) is 10.3. The second-order valence-electron chi connectivity index (χ2n) is 7.44. The van der Waals surface area contributed by atoms with Gasteiger partial charge in [0.25, 0.3) is 17.7 Å². The van der Waals surface area contributed by atoms with Crippen LogP contribution >= 0.6 is 0 Å². The third-order valence-electron chi connectivity index (χ3n) is 4.39. The number of unbranched alkanes of at least 4 members (excludes halogenated alkanes) is 1. The summed E-state index contributed by atoms with van der Waals surface area (Å²) >= 11 is 0. The Morgan fingerprint density at radius 2 is 1.61 bits per heavy atom. The quantitative estimate of drug-likeness (QED) is 0.353. The minimum atomic E-state index is -0.581. The summed E-state index contributed by atoms with van der Waals surface area (Å²) in [5.41, 5.74) is 5.24. The molecule has 0 aliphatic rings. The Morgan fingerprint density at radius 1 is 0.909 bits per heavy atom. The van der Waals surface area contributed by atoms with Crippen molar-refractivity contribution in [2.75, 3.05) is 20.3 Å². The fourth-order valence-electron chi connectivity index (χ4n) is 2.72. The van der Waals surface area contributed by atoms with Crippen LogP contribution in [0.2, 0.25) is 0 Å². The SMILES string of the molecule is CCCCOc1ccc(C(=O)NNC(=O)CNC(=O)c2ccc(OC(C)C)cc2)cc1OC. The molecule has 0 radical (unpaired) electrons. The maximum atomic E-state index is 12.3. The van der Waals surface area contributed by atoms with Crippen LogP contribution in [-0.4, -0.2) is 44.1 Å². The topological polar surface area (TPSA) is 115 Å². The van der Waals surface area contributed by atoms with Crippen molar-refractivity contribution in [2.45, 2.75) is 39.7 Å². The van der Waals surface area contributed by atoms with E-state index in [0.717, 1.165) is 12.8 Å². The second-order valence-corrected chi connectivity index (χ2v) is 7.44. The summed E-state index contributed by atoms with van der Waals surface area (Å²) in [6.07, 6.45) is 1.94. The van der Waals surface area contributed by atoms with Crippen molar-refractivity contribution in [2.24, 2.45) is 0 Å². The lowest BCUT2D eigenvalue weighted by atomic mass is 10.2. The van der Waals surface area contributed by atoms with Crippen LogP contribution in [-0.2, 0) is 4.79 Å². The predicted molar refractivity (Wildman–Crippen MR) is 124 cm³/mol. The monoisotopic (exact) mass is 457 g/mol. The van der Waals surface area contributed by atoms with E-state index in [1.165, 1.54) is 13.2 Å². The number of hydrazine groups is 1. The predicted octanol–water partition coefficient (Wildman–Crippen LogP) is 2.85. The van der Waals surface area contributed by atoms with Gasteiger partial charge in [0.1, 0.15) is 5.75 Å². The molecule has 0 fully saturated rings. The largest absolute Gasteiger partial charge is 0.493 e. The number of benzene rings is 2. The number of amides is 3. The first-order chi connectivity index (χ1) is 15.8. The molecule has 3 amide bonds. The summed E-state index contributed by atoms with van der Waals surface area (Å²) in [6.45, 7) is 6.13. The zero-order chi connectivity index (χ0) is 24.2. The number of rotatable bonds is 11. The van der Waals surface area contributed by atoms with Gasteiger partial charge < -0.3 is 19.5 Å². The Labute approximate surface area is 193 Å². The van der Waals surface area contributed by atoms with Crippen molar-refractivity contribution in [3.05, 3.63) is 53.6 Å². The average Bonchev–Trinajstić information content (AvgIpc) is 2.81. The molecule has 2 aromatic carbocycles. The minimum absolute atomic E-state index is 0.0294. The standard InChI is InChI=1S/C24H31N3O6/c1-5-6-13-32-20-12-9-18(14-21(20)31-4)24(30)27-26-22(28)15-25-23(29)17-7-10-19(11-8-17)33-16(2)3/h7-12,14,16H,5-6,13,15H2,1-4H3,(H,25,29)(H,26,28)(H,27,30). The summed E-state index contributed by atoms with van der Waals surface area (Å²) in [6, 6.07) is 11.3. The van der Waals surface area contributed by atoms with Crippen LogP contribution < -0.4 is 30.4 Å². The summed E-state index contributed by atoms with van der Waals surface area (Å²) in [4.78, 5) is 36.5. The van der Waals surface area contributed by atoms with Gasteiger partial charge in [-0.1, -0.05) is 13.3 Å². The molecule has 2 aromatic rings. The van der Waals surface area contributed by atoms with Crippen LogP contribution in [0.4, 0.5) is 0 Å². The molecular formula is C24H31N3O6. The number of methoxy groups -OCH3 is 1.